The molecule has 0 N–H and O–H groups in total. The van der Waals surface area contributed by atoms with Crippen LogP contribution in [0.25, 0.3) is 0 Å². The highest BCUT2D eigenvalue weighted by molar-refractivity contribution is 7.99. The first-order valence-electron chi connectivity index (χ1n) is 8.76. The molecular weight excluding hydrogens is 354 g/mol. The van der Waals surface area contributed by atoms with E-state index in [1.54, 1.807) is 11.9 Å². The number of hydrogen-bond acceptors (Lipinski definition) is 7. The summed E-state index contributed by atoms with van der Waals surface area (Å²) in [6.45, 7) is 8.21. The molecule has 9 heteroatoms. The lowest BCUT2D eigenvalue weighted by molar-refractivity contribution is -0.127. The van der Waals surface area contributed by atoms with Gasteiger partial charge >= 0.3 is 0 Å². The number of anilines is 1. The molecule has 0 unspecified atom stereocenters. The van der Waals surface area contributed by atoms with E-state index >= 15 is 0 Å². The predicted octanol–water partition coefficient (Wildman–Crippen LogP) is 1.79. The molecule has 1 aliphatic rings. The fourth-order valence-corrected chi connectivity index (χ4v) is 3.73. The smallest absolute Gasteiger partial charge is 0.233 e. The number of ether oxygens (including phenoxy) is 1. The number of furan rings is 1. The van der Waals surface area contributed by atoms with Crippen molar-refractivity contribution in [1.82, 2.24) is 19.7 Å². The summed E-state index contributed by atoms with van der Waals surface area (Å²) in [4.78, 5) is 16.3. The first-order chi connectivity index (χ1) is 12.6. The highest BCUT2D eigenvalue weighted by Gasteiger charge is 2.21. The van der Waals surface area contributed by atoms with E-state index in [-0.39, 0.29) is 5.91 Å². The van der Waals surface area contributed by atoms with E-state index in [9.17, 15) is 4.79 Å². The molecule has 142 valence electrons. The van der Waals surface area contributed by atoms with Gasteiger partial charge in [-0.2, -0.15) is 0 Å². The average molecular weight is 379 g/mol. The molecule has 26 heavy (non-hydrogen) atoms. The van der Waals surface area contributed by atoms with Crippen LogP contribution in [-0.2, 0) is 22.6 Å². The third kappa shape index (κ3) is 4.39. The highest BCUT2D eigenvalue weighted by Crippen LogP contribution is 2.23. The van der Waals surface area contributed by atoms with Crippen LogP contribution in [0.1, 0.15) is 18.4 Å². The van der Waals surface area contributed by atoms with Gasteiger partial charge in [0.1, 0.15) is 11.5 Å². The van der Waals surface area contributed by atoms with Gasteiger partial charge in [-0.1, -0.05) is 11.8 Å². The first kappa shape index (κ1) is 18.8. The molecule has 0 bridgehead atoms. The number of hydrogen-bond donors (Lipinski definition) is 0. The summed E-state index contributed by atoms with van der Waals surface area (Å²) in [5, 5.41) is 9.38. The van der Waals surface area contributed by atoms with Crippen LogP contribution < -0.4 is 4.90 Å². The zero-order valence-electron chi connectivity index (χ0n) is 15.5. The second kappa shape index (κ2) is 8.59. The Bertz CT molecular complexity index is 739. The lowest BCUT2D eigenvalue weighted by Crippen LogP contribution is -2.38. The molecule has 2 aromatic rings. The molecule has 0 saturated carbocycles. The second-order valence-corrected chi connectivity index (χ2v) is 7.12. The van der Waals surface area contributed by atoms with Gasteiger partial charge in [0, 0.05) is 26.7 Å². The molecule has 1 amide bonds. The maximum atomic E-state index is 12.4. The third-order valence-electron chi connectivity index (χ3n) is 4.25. The second-order valence-electron chi connectivity index (χ2n) is 6.18. The summed E-state index contributed by atoms with van der Waals surface area (Å²) in [6, 6.07) is 3.80. The number of rotatable bonds is 7. The van der Waals surface area contributed by atoms with Gasteiger partial charge in [0.2, 0.25) is 11.9 Å². The summed E-state index contributed by atoms with van der Waals surface area (Å²) >= 11 is 1.42. The maximum absolute atomic E-state index is 12.4. The SMILES string of the molecule is CCn1c(SCC(=O)N(C)Cc2ccc(C)o2)nnc1N1CCOCC1. The Morgan fingerprint density at radius 3 is 2.73 bits per heavy atom. The number of carbonyl (C=O) groups excluding carboxylic acids is 1. The number of amides is 1. The Balaban J connectivity index is 1.58. The summed E-state index contributed by atoms with van der Waals surface area (Å²) in [7, 11) is 1.78. The standard InChI is InChI=1S/C17H25N5O3S/c1-4-22-16(21-7-9-24-10-8-21)18-19-17(22)26-12-15(23)20(3)11-14-6-5-13(2)25-14/h5-6H,4,7-12H2,1-3H3. The minimum absolute atomic E-state index is 0.0302. The zero-order valence-corrected chi connectivity index (χ0v) is 16.3. The molecule has 1 fully saturated rings. The van der Waals surface area contributed by atoms with Gasteiger partial charge in [-0.15, -0.1) is 10.2 Å². The molecule has 0 aliphatic carbocycles. The van der Waals surface area contributed by atoms with E-state index in [4.69, 9.17) is 9.15 Å². The van der Waals surface area contributed by atoms with Crippen LogP contribution in [0.15, 0.2) is 21.7 Å². The Morgan fingerprint density at radius 1 is 1.31 bits per heavy atom. The van der Waals surface area contributed by atoms with Crippen molar-refractivity contribution in [3.8, 4) is 0 Å². The predicted molar refractivity (Wildman–Crippen MR) is 99.4 cm³/mol. The van der Waals surface area contributed by atoms with Crippen molar-refractivity contribution in [2.45, 2.75) is 32.1 Å². The van der Waals surface area contributed by atoms with Gasteiger partial charge < -0.3 is 19.0 Å². The van der Waals surface area contributed by atoms with Crippen LogP contribution in [0.3, 0.4) is 0 Å². The van der Waals surface area contributed by atoms with E-state index in [0.29, 0.717) is 25.5 Å². The fourth-order valence-electron chi connectivity index (χ4n) is 2.79. The van der Waals surface area contributed by atoms with E-state index < -0.39 is 0 Å². The van der Waals surface area contributed by atoms with Crippen molar-refractivity contribution in [2.75, 3.05) is 44.0 Å². The summed E-state index contributed by atoms with van der Waals surface area (Å²) in [6.07, 6.45) is 0. The van der Waals surface area contributed by atoms with Gasteiger partial charge in [-0.05, 0) is 26.0 Å². The average Bonchev–Trinajstić information content (AvgIpc) is 3.25. The Hall–Kier alpha value is -2.00. The van der Waals surface area contributed by atoms with Crippen molar-refractivity contribution in [3.05, 3.63) is 23.7 Å². The number of nitrogens with zero attached hydrogens (tertiary/aromatic N) is 5. The monoisotopic (exact) mass is 379 g/mol. The largest absolute Gasteiger partial charge is 0.464 e. The highest BCUT2D eigenvalue weighted by atomic mass is 32.2. The van der Waals surface area contributed by atoms with Crippen molar-refractivity contribution in [3.63, 3.8) is 0 Å². The van der Waals surface area contributed by atoms with Crippen molar-refractivity contribution in [1.29, 1.82) is 0 Å². The van der Waals surface area contributed by atoms with Crippen LogP contribution in [0, 0.1) is 6.92 Å². The topological polar surface area (TPSA) is 76.6 Å². The van der Waals surface area contributed by atoms with Gasteiger partial charge in [-0.3, -0.25) is 9.36 Å². The lowest BCUT2D eigenvalue weighted by atomic mass is 10.4. The molecule has 3 rings (SSSR count). The quantitative estimate of drug-likeness (QED) is 0.679. The summed E-state index contributed by atoms with van der Waals surface area (Å²) in [5.41, 5.74) is 0. The third-order valence-corrected chi connectivity index (χ3v) is 5.20. The van der Waals surface area contributed by atoms with Crippen LogP contribution in [0.2, 0.25) is 0 Å². The number of aryl methyl sites for hydroxylation is 1. The molecule has 0 aromatic carbocycles. The first-order valence-corrected chi connectivity index (χ1v) is 9.75. The molecule has 2 aromatic heterocycles. The maximum Gasteiger partial charge on any atom is 0.233 e. The van der Waals surface area contributed by atoms with Crippen LogP contribution in [0.4, 0.5) is 5.95 Å². The van der Waals surface area contributed by atoms with E-state index in [2.05, 4.69) is 26.6 Å². The van der Waals surface area contributed by atoms with Gasteiger partial charge in [0.05, 0.1) is 25.5 Å². The van der Waals surface area contributed by atoms with Crippen LogP contribution in [-0.4, -0.2) is 64.7 Å². The van der Waals surface area contributed by atoms with Crippen LogP contribution >= 0.6 is 11.8 Å². The zero-order chi connectivity index (χ0) is 18.5. The van der Waals surface area contributed by atoms with Crippen molar-refractivity contribution in [2.24, 2.45) is 0 Å². The molecule has 8 nitrogen and oxygen atoms in total. The molecule has 0 atom stereocenters. The molecule has 1 saturated heterocycles. The molecular formula is C17H25N5O3S. The van der Waals surface area contributed by atoms with Gasteiger partial charge in [0.15, 0.2) is 5.16 Å². The van der Waals surface area contributed by atoms with E-state index in [1.165, 1.54) is 11.8 Å². The molecule has 0 spiro atoms. The van der Waals surface area contributed by atoms with Gasteiger partial charge in [0.25, 0.3) is 0 Å². The van der Waals surface area contributed by atoms with Crippen molar-refractivity contribution < 1.29 is 13.9 Å². The minimum Gasteiger partial charge on any atom is -0.464 e. The Labute approximate surface area is 157 Å². The van der Waals surface area contributed by atoms with E-state index in [1.807, 2.05) is 19.1 Å². The summed E-state index contributed by atoms with van der Waals surface area (Å²) in [5.74, 6) is 2.83. The number of carbonyl (C=O) groups is 1. The molecule has 1 aliphatic heterocycles. The van der Waals surface area contributed by atoms with E-state index in [0.717, 1.165) is 42.3 Å². The van der Waals surface area contributed by atoms with Gasteiger partial charge in [-0.25, -0.2) is 0 Å². The Kier molecular flexibility index (Phi) is 6.20. The lowest BCUT2D eigenvalue weighted by Gasteiger charge is -2.27. The Morgan fingerprint density at radius 2 is 2.08 bits per heavy atom. The normalized spacial score (nSPS) is 14.7. The summed E-state index contributed by atoms with van der Waals surface area (Å²) < 4.78 is 13.0. The molecule has 0 radical (unpaired) electrons. The number of aromatic nitrogens is 3. The minimum atomic E-state index is 0.0302. The number of morpholine rings is 1. The van der Waals surface area contributed by atoms with Crippen LogP contribution in [0.5, 0.6) is 0 Å². The molecule has 3 heterocycles. The van der Waals surface area contributed by atoms with Crippen molar-refractivity contribution >= 4 is 23.6 Å². The fraction of sp³-hybridized carbons (Fsp3) is 0.588. The number of thioether (sulfide) groups is 1.